The molecule has 19 heavy (non-hydrogen) atoms. The molecule has 0 heterocycles. The average Bonchev–Trinajstić information content (AvgIpc) is 2.43. The number of carbonyl (C=O) groups excluding carboxylic acids is 1. The van der Waals surface area contributed by atoms with Crippen molar-refractivity contribution in [2.45, 2.75) is 20.3 Å². The van der Waals surface area contributed by atoms with Gasteiger partial charge < -0.3 is 10.6 Å². The van der Waals surface area contributed by atoms with Crippen LogP contribution < -0.4 is 5.73 Å². The molecule has 0 fully saturated rings. The lowest BCUT2D eigenvalue weighted by Gasteiger charge is -2.20. The number of carbonyl (C=O) groups is 1. The van der Waals surface area contributed by atoms with Gasteiger partial charge in [0.05, 0.1) is 12.1 Å². The van der Waals surface area contributed by atoms with Crippen LogP contribution >= 0.6 is 0 Å². The molecule has 2 N–H and O–H groups in total. The number of nitrogens with two attached hydrogens (primary N) is 1. The highest BCUT2D eigenvalue weighted by atomic mass is 19.1. The van der Waals surface area contributed by atoms with Crippen LogP contribution in [0.25, 0.3) is 0 Å². The van der Waals surface area contributed by atoms with Gasteiger partial charge in [-0.1, -0.05) is 18.8 Å². The van der Waals surface area contributed by atoms with E-state index in [1.54, 1.807) is 11.0 Å². The molecule has 0 aliphatic rings. The first-order chi connectivity index (χ1) is 9.13. The van der Waals surface area contributed by atoms with Gasteiger partial charge in [0.2, 0.25) is 0 Å². The Bertz CT molecular complexity index is 503. The SMILES string of the molecule is CCCN(CC)C(=O)c1cc(C#CCN)ccc1F. The van der Waals surface area contributed by atoms with Crippen molar-refractivity contribution in [1.82, 2.24) is 4.90 Å². The van der Waals surface area contributed by atoms with Gasteiger partial charge in [-0.15, -0.1) is 0 Å². The van der Waals surface area contributed by atoms with Gasteiger partial charge in [0.25, 0.3) is 5.91 Å². The van der Waals surface area contributed by atoms with Gasteiger partial charge in [-0.2, -0.15) is 0 Å². The summed E-state index contributed by atoms with van der Waals surface area (Å²) in [6.45, 7) is 5.27. The molecule has 0 spiro atoms. The van der Waals surface area contributed by atoms with Crippen LogP contribution in [0.5, 0.6) is 0 Å². The first-order valence-corrected chi connectivity index (χ1v) is 6.41. The van der Waals surface area contributed by atoms with Crippen LogP contribution in [-0.4, -0.2) is 30.4 Å². The van der Waals surface area contributed by atoms with E-state index in [4.69, 9.17) is 5.73 Å². The van der Waals surface area contributed by atoms with Gasteiger partial charge in [-0.05, 0) is 31.5 Å². The number of halogens is 1. The zero-order valence-electron chi connectivity index (χ0n) is 11.4. The topological polar surface area (TPSA) is 46.3 Å². The minimum atomic E-state index is -0.516. The fourth-order valence-electron chi connectivity index (χ4n) is 1.76. The van der Waals surface area contributed by atoms with E-state index >= 15 is 0 Å². The summed E-state index contributed by atoms with van der Waals surface area (Å²) < 4.78 is 13.8. The molecule has 3 nitrogen and oxygen atoms in total. The molecule has 0 radical (unpaired) electrons. The molecular weight excluding hydrogens is 243 g/mol. The third-order valence-corrected chi connectivity index (χ3v) is 2.69. The third-order valence-electron chi connectivity index (χ3n) is 2.69. The van der Waals surface area contributed by atoms with Crippen molar-refractivity contribution in [2.24, 2.45) is 5.73 Å². The largest absolute Gasteiger partial charge is 0.339 e. The number of hydrogen-bond acceptors (Lipinski definition) is 2. The molecular formula is C15H19FN2O. The minimum absolute atomic E-state index is 0.0686. The number of hydrogen-bond donors (Lipinski definition) is 1. The Morgan fingerprint density at radius 2 is 2.16 bits per heavy atom. The van der Waals surface area contributed by atoms with Crippen molar-refractivity contribution < 1.29 is 9.18 Å². The normalized spacial score (nSPS) is 9.68. The second-order valence-corrected chi connectivity index (χ2v) is 4.09. The van der Waals surface area contributed by atoms with Gasteiger partial charge in [0.15, 0.2) is 0 Å². The molecule has 1 aromatic rings. The first kappa shape index (κ1) is 15.2. The Morgan fingerprint density at radius 1 is 1.42 bits per heavy atom. The van der Waals surface area contributed by atoms with E-state index in [1.165, 1.54) is 12.1 Å². The lowest BCUT2D eigenvalue weighted by atomic mass is 10.1. The second kappa shape index (κ2) is 7.55. The zero-order chi connectivity index (χ0) is 14.3. The van der Waals surface area contributed by atoms with Crippen LogP contribution in [0, 0.1) is 17.7 Å². The summed E-state index contributed by atoms with van der Waals surface area (Å²) in [4.78, 5) is 13.8. The molecule has 0 saturated carbocycles. The Balaban J connectivity index is 3.07. The monoisotopic (exact) mass is 262 g/mol. The summed E-state index contributed by atoms with van der Waals surface area (Å²) >= 11 is 0. The van der Waals surface area contributed by atoms with E-state index < -0.39 is 5.82 Å². The molecule has 0 aliphatic heterocycles. The summed E-state index contributed by atoms with van der Waals surface area (Å²) in [7, 11) is 0. The first-order valence-electron chi connectivity index (χ1n) is 6.41. The second-order valence-electron chi connectivity index (χ2n) is 4.09. The van der Waals surface area contributed by atoms with Crippen LogP contribution in [0.4, 0.5) is 4.39 Å². The van der Waals surface area contributed by atoms with Gasteiger partial charge in [0.1, 0.15) is 5.82 Å². The highest BCUT2D eigenvalue weighted by molar-refractivity contribution is 5.94. The Morgan fingerprint density at radius 3 is 2.74 bits per heavy atom. The maximum Gasteiger partial charge on any atom is 0.256 e. The molecule has 0 saturated heterocycles. The van der Waals surface area contributed by atoms with Crippen molar-refractivity contribution in [2.75, 3.05) is 19.6 Å². The van der Waals surface area contributed by atoms with E-state index in [0.717, 1.165) is 6.42 Å². The van der Waals surface area contributed by atoms with Crippen molar-refractivity contribution in [3.05, 3.63) is 35.1 Å². The molecule has 1 rings (SSSR count). The van der Waals surface area contributed by atoms with Crippen LogP contribution in [0.1, 0.15) is 36.2 Å². The number of benzene rings is 1. The number of nitrogens with zero attached hydrogens (tertiary/aromatic N) is 1. The van der Waals surface area contributed by atoms with E-state index in [2.05, 4.69) is 11.8 Å². The molecule has 0 bridgehead atoms. The van der Waals surface area contributed by atoms with Crippen LogP contribution in [-0.2, 0) is 0 Å². The van der Waals surface area contributed by atoms with E-state index in [0.29, 0.717) is 18.7 Å². The van der Waals surface area contributed by atoms with Crippen LogP contribution in [0.15, 0.2) is 18.2 Å². The minimum Gasteiger partial charge on any atom is -0.339 e. The molecule has 0 atom stereocenters. The summed E-state index contributed by atoms with van der Waals surface area (Å²) in [5, 5.41) is 0. The smallest absolute Gasteiger partial charge is 0.256 e. The average molecular weight is 262 g/mol. The Hall–Kier alpha value is -1.86. The van der Waals surface area contributed by atoms with Gasteiger partial charge >= 0.3 is 0 Å². The van der Waals surface area contributed by atoms with Crippen LogP contribution in [0.3, 0.4) is 0 Å². The maximum atomic E-state index is 13.8. The zero-order valence-corrected chi connectivity index (χ0v) is 11.4. The van der Waals surface area contributed by atoms with Crippen LogP contribution in [0.2, 0.25) is 0 Å². The van der Waals surface area contributed by atoms with Gasteiger partial charge in [-0.25, -0.2) is 4.39 Å². The Kier molecular flexibility index (Phi) is 6.04. The summed E-state index contributed by atoms with van der Waals surface area (Å²) in [6, 6.07) is 4.30. The number of amides is 1. The molecule has 102 valence electrons. The highest BCUT2D eigenvalue weighted by Crippen LogP contribution is 2.13. The highest BCUT2D eigenvalue weighted by Gasteiger charge is 2.17. The quantitative estimate of drug-likeness (QED) is 0.844. The molecule has 0 aliphatic carbocycles. The van der Waals surface area contributed by atoms with Crippen molar-refractivity contribution in [3.63, 3.8) is 0 Å². The van der Waals surface area contributed by atoms with Crippen molar-refractivity contribution >= 4 is 5.91 Å². The van der Waals surface area contributed by atoms with Crippen molar-refractivity contribution in [1.29, 1.82) is 0 Å². The fraction of sp³-hybridized carbons (Fsp3) is 0.400. The summed E-state index contributed by atoms with van der Waals surface area (Å²) in [5.41, 5.74) is 5.96. The van der Waals surface area contributed by atoms with E-state index in [9.17, 15) is 9.18 Å². The van der Waals surface area contributed by atoms with Crippen molar-refractivity contribution in [3.8, 4) is 11.8 Å². The lowest BCUT2D eigenvalue weighted by Crippen LogP contribution is -2.32. The summed E-state index contributed by atoms with van der Waals surface area (Å²) in [5.74, 6) is 4.68. The van der Waals surface area contributed by atoms with E-state index in [1.807, 2.05) is 13.8 Å². The Labute approximate surface area is 113 Å². The lowest BCUT2D eigenvalue weighted by molar-refractivity contribution is 0.0759. The fourth-order valence-corrected chi connectivity index (χ4v) is 1.76. The van der Waals surface area contributed by atoms with Gasteiger partial charge in [0, 0.05) is 18.7 Å². The molecule has 0 unspecified atom stereocenters. The third kappa shape index (κ3) is 4.08. The standard InChI is InChI=1S/C15H19FN2O/c1-3-10-18(4-2)15(19)13-11-12(6-5-9-17)7-8-14(13)16/h7-8,11H,3-4,9-10,17H2,1-2H3. The maximum absolute atomic E-state index is 13.8. The van der Waals surface area contributed by atoms with E-state index in [-0.39, 0.29) is 18.0 Å². The predicted octanol–water partition coefficient (Wildman–Crippen LogP) is 2.01. The van der Waals surface area contributed by atoms with Gasteiger partial charge in [-0.3, -0.25) is 4.79 Å². The molecule has 0 aromatic heterocycles. The summed E-state index contributed by atoms with van der Waals surface area (Å²) in [6.07, 6.45) is 0.841. The number of rotatable bonds is 4. The molecule has 1 aromatic carbocycles. The molecule has 4 heteroatoms. The predicted molar refractivity (Wildman–Crippen MR) is 74.2 cm³/mol. The molecule has 1 amide bonds.